The molecule has 0 radical (unpaired) electrons. The molecule has 2 heterocycles. The third-order valence-electron chi connectivity index (χ3n) is 5.00. The lowest BCUT2D eigenvalue weighted by molar-refractivity contribution is -0.475. The molecule has 1 unspecified atom stereocenters. The minimum absolute atomic E-state index is 0.0918. The van der Waals surface area contributed by atoms with Crippen LogP contribution in [-0.4, -0.2) is 76.0 Å². The number of rotatable bonds is 1. The van der Waals surface area contributed by atoms with Gasteiger partial charge in [0.1, 0.15) is 11.7 Å². The van der Waals surface area contributed by atoms with Crippen LogP contribution in [0.1, 0.15) is 19.8 Å². The van der Waals surface area contributed by atoms with E-state index >= 15 is 0 Å². The molecule has 9 N–H and O–H groups in total. The first-order chi connectivity index (χ1) is 10.2. The van der Waals surface area contributed by atoms with E-state index in [0.29, 0.717) is 6.42 Å². The summed E-state index contributed by atoms with van der Waals surface area (Å²) in [6.07, 6.45) is -3.49. The minimum atomic E-state index is -2.14. The fraction of sp³-hybridized carbons (Fsp3) is 1.00. The Balaban J connectivity index is 1.91. The second-order valence-corrected chi connectivity index (χ2v) is 6.64. The zero-order valence-corrected chi connectivity index (χ0v) is 12.5. The van der Waals surface area contributed by atoms with Crippen LogP contribution in [0.2, 0.25) is 0 Å². The predicted molar refractivity (Wildman–Crippen MR) is 74.2 cm³/mol. The van der Waals surface area contributed by atoms with Crippen LogP contribution >= 0.6 is 0 Å². The van der Waals surface area contributed by atoms with Crippen LogP contribution in [0.3, 0.4) is 0 Å². The van der Waals surface area contributed by atoms with Crippen molar-refractivity contribution in [1.29, 1.82) is 0 Å². The molecule has 3 fully saturated rings. The molecule has 1 aliphatic carbocycles. The Bertz CT molecular complexity index is 442. The van der Waals surface area contributed by atoms with Crippen molar-refractivity contribution in [3.05, 3.63) is 0 Å². The number of aliphatic hydroxyl groups is 3. The van der Waals surface area contributed by atoms with Gasteiger partial charge in [-0.05, 0) is 13.3 Å². The van der Waals surface area contributed by atoms with Gasteiger partial charge in [0.15, 0.2) is 0 Å². The number of aliphatic hydroxyl groups excluding tert-OH is 1. The van der Waals surface area contributed by atoms with Crippen molar-refractivity contribution in [3.63, 3.8) is 0 Å². The van der Waals surface area contributed by atoms with E-state index in [1.807, 2.05) is 0 Å². The van der Waals surface area contributed by atoms with Crippen LogP contribution in [0, 0.1) is 0 Å². The highest BCUT2D eigenvalue weighted by Gasteiger charge is 2.66. The van der Waals surface area contributed by atoms with Crippen LogP contribution in [-0.2, 0) is 14.2 Å². The van der Waals surface area contributed by atoms with Crippen molar-refractivity contribution in [2.75, 3.05) is 6.54 Å². The van der Waals surface area contributed by atoms with Gasteiger partial charge < -0.3 is 46.7 Å². The first kappa shape index (κ1) is 16.5. The highest BCUT2D eigenvalue weighted by Crippen LogP contribution is 2.45. The van der Waals surface area contributed by atoms with Crippen LogP contribution in [0.25, 0.3) is 0 Å². The molecule has 0 aromatic carbocycles. The fourth-order valence-corrected chi connectivity index (χ4v) is 3.63. The summed E-state index contributed by atoms with van der Waals surface area (Å²) in [5.74, 6) is -2.14. The van der Waals surface area contributed by atoms with Gasteiger partial charge in [0.05, 0.1) is 24.4 Å². The second-order valence-electron chi connectivity index (χ2n) is 6.64. The van der Waals surface area contributed by atoms with E-state index in [1.165, 1.54) is 0 Å². The number of fused-ring (bicyclic) bond motifs is 2. The maximum Gasteiger partial charge on any atom is 0.249 e. The van der Waals surface area contributed by atoms with E-state index < -0.39 is 48.1 Å². The standard InChI is InChI=1S/C13H25N3O6/c1-5-3-12(18,4-14)13(19)11(20-5)21-7-2-6(15)9(17)8(16)10(7)22-13/h5-11,17-19H,2-4,14-16H2,1H3/t5-,6+,7?,8+,9+,10+,11+,12-,13-/m1/s1. The molecule has 0 spiro atoms. The van der Waals surface area contributed by atoms with E-state index in [1.54, 1.807) is 6.92 Å². The van der Waals surface area contributed by atoms with Gasteiger partial charge in [-0.3, -0.25) is 0 Å². The number of ether oxygens (including phenoxy) is 3. The Morgan fingerprint density at radius 3 is 2.55 bits per heavy atom. The predicted octanol–water partition coefficient (Wildman–Crippen LogP) is -3.30. The average molecular weight is 319 g/mol. The van der Waals surface area contributed by atoms with E-state index in [4.69, 9.17) is 31.4 Å². The van der Waals surface area contributed by atoms with Gasteiger partial charge in [-0.25, -0.2) is 0 Å². The van der Waals surface area contributed by atoms with Gasteiger partial charge in [0, 0.05) is 19.0 Å². The monoisotopic (exact) mass is 319 g/mol. The molecular weight excluding hydrogens is 294 g/mol. The molecule has 3 aliphatic rings. The Hall–Kier alpha value is -0.360. The van der Waals surface area contributed by atoms with E-state index in [-0.39, 0.29) is 19.1 Å². The van der Waals surface area contributed by atoms with Crippen LogP contribution in [0.15, 0.2) is 0 Å². The van der Waals surface area contributed by atoms with Crippen LogP contribution in [0.4, 0.5) is 0 Å². The Labute approximate surface area is 128 Å². The molecule has 0 bridgehead atoms. The van der Waals surface area contributed by atoms with Gasteiger partial charge in [-0.1, -0.05) is 0 Å². The van der Waals surface area contributed by atoms with E-state index in [2.05, 4.69) is 0 Å². The van der Waals surface area contributed by atoms with E-state index in [0.717, 1.165) is 0 Å². The molecule has 0 aromatic rings. The highest BCUT2D eigenvalue weighted by atomic mass is 16.8. The quantitative estimate of drug-likeness (QED) is 0.290. The fourth-order valence-electron chi connectivity index (χ4n) is 3.63. The van der Waals surface area contributed by atoms with Gasteiger partial charge in [-0.15, -0.1) is 0 Å². The minimum Gasteiger partial charge on any atom is -0.390 e. The summed E-state index contributed by atoms with van der Waals surface area (Å²) in [6.45, 7) is 1.52. The zero-order valence-electron chi connectivity index (χ0n) is 12.5. The maximum atomic E-state index is 10.9. The van der Waals surface area contributed by atoms with Crippen molar-refractivity contribution < 1.29 is 29.5 Å². The second kappa shape index (κ2) is 5.33. The third kappa shape index (κ3) is 2.20. The molecule has 128 valence electrons. The molecule has 9 atom stereocenters. The molecule has 2 saturated heterocycles. The summed E-state index contributed by atoms with van der Waals surface area (Å²) in [5, 5.41) is 31.6. The van der Waals surface area contributed by atoms with Crippen molar-refractivity contribution in [2.45, 2.75) is 73.9 Å². The van der Waals surface area contributed by atoms with E-state index in [9.17, 15) is 15.3 Å². The maximum absolute atomic E-state index is 10.9. The van der Waals surface area contributed by atoms with Gasteiger partial charge in [0.25, 0.3) is 0 Å². The number of nitrogens with two attached hydrogens (primary N) is 3. The number of hydrogen-bond donors (Lipinski definition) is 6. The van der Waals surface area contributed by atoms with Gasteiger partial charge in [-0.2, -0.15) is 0 Å². The Morgan fingerprint density at radius 1 is 1.23 bits per heavy atom. The largest absolute Gasteiger partial charge is 0.390 e. The summed E-state index contributed by atoms with van der Waals surface area (Å²) < 4.78 is 17.1. The summed E-state index contributed by atoms with van der Waals surface area (Å²) in [7, 11) is 0. The summed E-state index contributed by atoms with van der Waals surface area (Å²) in [5.41, 5.74) is 15.7. The molecule has 0 amide bonds. The van der Waals surface area contributed by atoms with Gasteiger partial charge >= 0.3 is 0 Å². The van der Waals surface area contributed by atoms with Gasteiger partial charge in [0.2, 0.25) is 12.1 Å². The lowest BCUT2D eigenvalue weighted by Gasteiger charge is -2.58. The SMILES string of the molecule is C[C@@H]1C[C@@](O)(CN)[C@]2(O)O[C@H]3C(C[C@H](N)[C@H](O)[C@@H]3N)O[C@@H]2O1. The first-order valence-electron chi connectivity index (χ1n) is 7.54. The smallest absolute Gasteiger partial charge is 0.249 e. The lowest BCUT2D eigenvalue weighted by atomic mass is 9.79. The van der Waals surface area contributed by atoms with Crippen molar-refractivity contribution in [1.82, 2.24) is 0 Å². The topological polar surface area (TPSA) is 166 Å². The Morgan fingerprint density at radius 2 is 1.91 bits per heavy atom. The van der Waals surface area contributed by atoms with Crippen molar-refractivity contribution >= 4 is 0 Å². The molecule has 22 heavy (non-hydrogen) atoms. The van der Waals surface area contributed by atoms with Crippen molar-refractivity contribution in [3.8, 4) is 0 Å². The van der Waals surface area contributed by atoms with Crippen LogP contribution in [0.5, 0.6) is 0 Å². The van der Waals surface area contributed by atoms with Crippen molar-refractivity contribution in [2.24, 2.45) is 17.2 Å². The normalized spacial score (nSPS) is 58.8. The summed E-state index contributed by atoms with van der Waals surface area (Å²) in [4.78, 5) is 0. The lowest BCUT2D eigenvalue weighted by Crippen LogP contribution is -2.78. The zero-order chi connectivity index (χ0) is 16.3. The molecule has 9 heteroatoms. The molecular formula is C13H25N3O6. The Kier molecular flexibility index (Phi) is 4.00. The average Bonchev–Trinajstić information content (AvgIpc) is 2.46. The molecule has 0 aromatic heterocycles. The molecule has 3 rings (SSSR count). The third-order valence-corrected chi connectivity index (χ3v) is 5.00. The van der Waals surface area contributed by atoms with Crippen LogP contribution < -0.4 is 17.2 Å². The first-order valence-corrected chi connectivity index (χ1v) is 7.54. The highest BCUT2D eigenvalue weighted by molar-refractivity contribution is 5.08. The number of hydrogen-bond acceptors (Lipinski definition) is 9. The summed E-state index contributed by atoms with van der Waals surface area (Å²) >= 11 is 0. The molecule has 9 nitrogen and oxygen atoms in total. The molecule has 1 saturated carbocycles. The molecule has 2 aliphatic heterocycles. The summed E-state index contributed by atoms with van der Waals surface area (Å²) in [6, 6.07) is -1.40.